The van der Waals surface area contributed by atoms with Gasteiger partial charge < -0.3 is 25.0 Å². The molecule has 9 heteroatoms. The molecule has 0 aliphatic carbocycles. The van der Waals surface area contributed by atoms with Gasteiger partial charge in [0.2, 0.25) is 5.91 Å². The molecule has 2 rings (SSSR count). The van der Waals surface area contributed by atoms with Crippen molar-refractivity contribution in [3.8, 4) is 11.5 Å². The summed E-state index contributed by atoms with van der Waals surface area (Å²) in [6.45, 7) is 4.35. The molecule has 1 aliphatic rings. The van der Waals surface area contributed by atoms with Crippen LogP contribution >= 0.6 is 0 Å². The molecule has 1 aromatic rings. The molecule has 30 heavy (non-hydrogen) atoms. The summed E-state index contributed by atoms with van der Waals surface area (Å²) >= 11 is 0. The molecule has 1 heterocycles. The van der Waals surface area contributed by atoms with Crippen LogP contribution in [0.4, 0.5) is 8.78 Å². The summed E-state index contributed by atoms with van der Waals surface area (Å²) in [5, 5.41) is 6.22. The number of carbonyl (C=O) groups excluding carboxylic acids is 1. The first-order chi connectivity index (χ1) is 14.5. The number of nitrogens with zero attached hydrogens (tertiary/aromatic N) is 2. The van der Waals surface area contributed by atoms with Gasteiger partial charge in [0, 0.05) is 44.2 Å². The average molecular weight is 427 g/mol. The fourth-order valence-corrected chi connectivity index (χ4v) is 3.10. The Bertz CT molecular complexity index is 695. The van der Waals surface area contributed by atoms with Gasteiger partial charge in [-0.15, -0.1) is 0 Å². The van der Waals surface area contributed by atoms with Crippen LogP contribution in [0, 0.1) is 0 Å². The maximum Gasteiger partial charge on any atom is 0.387 e. The third-order valence-electron chi connectivity index (χ3n) is 4.57. The zero-order valence-corrected chi connectivity index (χ0v) is 17.8. The highest BCUT2D eigenvalue weighted by Crippen LogP contribution is 2.27. The highest BCUT2D eigenvalue weighted by atomic mass is 19.3. The lowest BCUT2D eigenvalue weighted by atomic mass is 10.2. The average Bonchev–Trinajstić information content (AvgIpc) is 3.26. The maximum absolute atomic E-state index is 12.8. The van der Waals surface area contributed by atoms with Crippen LogP contribution in [0.25, 0.3) is 0 Å². The Hall–Kier alpha value is -2.58. The second-order valence-electron chi connectivity index (χ2n) is 6.96. The van der Waals surface area contributed by atoms with Crippen LogP contribution in [0.1, 0.15) is 45.1 Å². The van der Waals surface area contributed by atoms with E-state index in [4.69, 9.17) is 4.74 Å². The lowest BCUT2D eigenvalue weighted by Gasteiger charge is -2.16. The fraction of sp³-hybridized carbons (Fsp3) is 0.619. The molecular weight excluding hydrogens is 394 g/mol. The molecule has 2 N–H and O–H groups in total. The Morgan fingerprint density at radius 3 is 2.67 bits per heavy atom. The lowest BCUT2D eigenvalue weighted by molar-refractivity contribution is -0.129. The van der Waals surface area contributed by atoms with Crippen molar-refractivity contribution < 1.29 is 23.0 Å². The summed E-state index contributed by atoms with van der Waals surface area (Å²) in [7, 11) is 0. The number of benzene rings is 1. The molecule has 0 atom stereocenters. The maximum atomic E-state index is 12.8. The number of hydrogen-bond acceptors (Lipinski definition) is 4. The van der Waals surface area contributed by atoms with E-state index in [-0.39, 0.29) is 18.2 Å². The first kappa shape index (κ1) is 23.7. The number of likely N-dealkylation sites (tertiary alicyclic amines) is 1. The minimum atomic E-state index is -2.93. The number of carbonyl (C=O) groups is 1. The van der Waals surface area contributed by atoms with Crippen LogP contribution in [0.2, 0.25) is 0 Å². The van der Waals surface area contributed by atoms with E-state index in [2.05, 4.69) is 20.4 Å². The van der Waals surface area contributed by atoms with Crippen LogP contribution in [-0.2, 0) is 11.3 Å². The molecule has 0 unspecified atom stereocenters. The van der Waals surface area contributed by atoms with E-state index in [0.29, 0.717) is 43.4 Å². The molecule has 0 bridgehead atoms. The molecule has 1 amide bonds. The van der Waals surface area contributed by atoms with Gasteiger partial charge in [0.15, 0.2) is 5.96 Å². The van der Waals surface area contributed by atoms with Crippen molar-refractivity contribution in [2.45, 2.75) is 52.7 Å². The number of halogens is 2. The monoisotopic (exact) mass is 426 g/mol. The Balaban J connectivity index is 1.98. The number of guanidine groups is 1. The third-order valence-corrected chi connectivity index (χ3v) is 4.57. The molecule has 1 fully saturated rings. The van der Waals surface area contributed by atoms with E-state index in [1.54, 1.807) is 12.1 Å². The summed E-state index contributed by atoms with van der Waals surface area (Å²) in [6, 6.07) is 4.85. The van der Waals surface area contributed by atoms with Gasteiger partial charge in [0.05, 0.1) is 13.2 Å². The Labute approximate surface area is 176 Å². The van der Waals surface area contributed by atoms with Crippen molar-refractivity contribution in [3.05, 3.63) is 23.8 Å². The SMILES string of the molecule is CCCOc1ccc(CN=C(NCC)NCCC(=O)N2CCCC2)c(OC(F)F)c1. The number of hydrogen-bond donors (Lipinski definition) is 2. The molecule has 0 radical (unpaired) electrons. The van der Waals surface area contributed by atoms with Crippen molar-refractivity contribution >= 4 is 11.9 Å². The van der Waals surface area contributed by atoms with E-state index < -0.39 is 6.61 Å². The van der Waals surface area contributed by atoms with Crippen LogP contribution in [0.3, 0.4) is 0 Å². The summed E-state index contributed by atoms with van der Waals surface area (Å²) in [6.07, 6.45) is 3.33. The van der Waals surface area contributed by atoms with Crippen LogP contribution in [0.15, 0.2) is 23.2 Å². The molecular formula is C21H32F2N4O3. The highest BCUT2D eigenvalue weighted by molar-refractivity contribution is 5.81. The number of amides is 1. The van der Waals surface area contributed by atoms with Gasteiger partial charge in [-0.25, -0.2) is 4.99 Å². The number of nitrogens with one attached hydrogen (secondary N) is 2. The van der Waals surface area contributed by atoms with Gasteiger partial charge in [0.25, 0.3) is 0 Å². The van der Waals surface area contributed by atoms with E-state index in [1.807, 2.05) is 18.7 Å². The topological polar surface area (TPSA) is 75.2 Å². The predicted octanol–water partition coefficient (Wildman–Crippen LogP) is 3.14. The van der Waals surface area contributed by atoms with Crippen LogP contribution in [0.5, 0.6) is 11.5 Å². The van der Waals surface area contributed by atoms with Gasteiger partial charge in [-0.2, -0.15) is 8.78 Å². The summed E-state index contributed by atoms with van der Waals surface area (Å²) in [4.78, 5) is 18.5. The third kappa shape index (κ3) is 8.04. The zero-order chi connectivity index (χ0) is 21.8. The highest BCUT2D eigenvalue weighted by Gasteiger charge is 2.17. The largest absolute Gasteiger partial charge is 0.493 e. The van der Waals surface area contributed by atoms with Crippen LogP contribution in [-0.4, -0.2) is 56.2 Å². The second-order valence-corrected chi connectivity index (χ2v) is 6.96. The Morgan fingerprint density at radius 2 is 2.00 bits per heavy atom. The zero-order valence-electron chi connectivity index (χ0n) is 17.8. The van der Waals surface area contributed by atoms with Crippen molar-refractivity contribution in [1.29, 1.82) is 0 Å². The van der Waals surface area contributed by atoms with E-state index in [9.17, 15) is 13.6 Å². The lowest BCUT2D eigenvalue weighted by Crippen LogP contribution is -2.39. The normalized spacial score (nSPS) is 14.2. The molecule has 1 aliphatic heterocycles. The fourth-order valence-electron chi connectivity index (χ4n) is 3.10. The molecule has 0 spiro atoms. The first-order valence-electron chi connectivity index (χ1n) is 10.5. The molecule has 168 valence electrons. The number of rotatable bonds is 11. The van der Waals surface area contributed by atoms with E-state index >= 15 is 0 Å². The van der Waals surface area contributed by atoms with E-state index in [1.165, 1.54) is 6.07 Å². The quantitative estimate of drug-likeness (QED) is 0.420. The minimum Gasteiger partial charge on any atom is -0.493 e. The second kappa shape index (κ2) is 12.9. The molecule has 0 saturated carbocycles. The van der Waals surface area contributed by atoms with Crippen molar-refractivity contribution in [2.75, 3.05) is 32.8 Å². The molecule has 0 aromatic heterocycles. The van der Waals surface area contributed by atoms with Gasteiger partial charge in [-0.1, -0.05) is 6.92 Å². The molecule has 1 aromatic carbocycles. The van der Waals surface area contributed by atoms with Crippen molar-refractivity contribution in [1.82, 2.24) is 15.5 Å². The summed E-state index contributed by atoms with van der Waals surface area (Å²) < 4.78 is 35.8. The predicted molar refractivity (Wildman–Crippen MR) is 112 cm³/mol. The van der Waals surface area contributed by atoms with Gasteiger partial charge >= 0.3 is 6.61 Å². The minimum absolute atomic E-state index is 0.0439. The van der Waals surface area contributed by atoms with Crippen molar-refractivity contribution in [2.24, 2.45) is 4.99 Å². The molecule has 1 saturated heterocycles. The Morgan fingerprint density at radius 1 is 1.23 bits per heavy atom. The smallest absolute Gasteiger partial charge is 0.387 e. The van der Waals surface area contributed by atoms with Crippen molar-refractivity contribution in [3.63, 3.8) is 0 Å². The van der Waals surface area contributed by atoms with E-state index in [0.717, 1.165) is 32.4 Å². The summed E-state index contributed by atoms with van der Waals surface area (Å²) in [5.41, 5.74) is 0.518. The van der Waals surface area contributed by atoms with Crippen LogP contribution < -0.4 is 20.1 Å². The first-order valence-corrected chi connectivity index (χ1v) is 10.5. The van der Waals surface area contributed by atoms with Gasteiger partial charge in [0.1, 0.15) is 11.5 Å². The number of ether oxygens (including phenoxy) is 2. The summed E-state index contributed by atoms with van der Waals surface area (Å²) in [5.74, 6) is 1.17. The number of aliphatic imine (C=N–C) groups is 1. The van der Waals surface area contributed by atoms with Gasteiger partial charge in [-0.3, -0.25) is 4.79 Å². The standard InChI is InChI=1S/C21H32F2N4O3/c1-3-13-29-17-8-7-16(18(14-17)30-20(22)23)15-26-21(24-4-2)25-10-9-19(28)27-11-5-6-12-27/h7-8,14,20H,3-6,9-13,15H2,1-2H3,(H2,24,25,26). The molecule has 7 nitrogen and oxygen atoms in total. The van der Waals surface area contributed by atoms with Gasteiger partial charge in [-0.05, 0) is 38.3 Å². The Kier molecular flexibility index (Phi) is 10.2. The number of alkyl halides is 2.